The van der Waals surface area contributed by atoms with E-state index in [9.17, 15) is 9.90 Å². The Morgan fingerprint density at radius 1 is 1.31 bits per heavy atom. The smallest absolute Gasteiger partial charge is 0.314 e. The Labute approximate surface area is 97.2 Å². The van der Waals surface area contributed by atoms with Crippen LogP contribution in [-0.2, 0) is 9.53 Å². The lowest BCUT2D eigenvalue weighted by Gasteiger charge is -2.53. The summed E-state index contributed by atoms with van der Waals surface area (Å²) in [6, 6.07) is 0. The van der Waals surface area contributed by atoms with E-state index in [1.807, 2.05) is 6.92 Å². The molecule has 16 heavy (non-hydrogen) atoms. The highest BCUT2D eigenvalue weighted by atomic mass is 16.5. The van der Waals surface area contributed by atoms with E-state index in [1.165, 1.54) is 0 Å². The SMILES string of the molecule is CCOC(=O)C12CCCC(C)(CCC1)C2O. The summed E-state index contributed by atoms with van der Waals surface area (Å²) in [6.45, 7) is 4.35. The molecule has 3 heteroatoms. The lowest BCUT2D eigenvalue weighted by molar-refractivity contribution is -0.188. The molecule has 2 aliphatic rings. The third kappa shape index (κ3) is 1.56. The van der Waals surface area contributed by atoms with Crippen molar-refractivity contribution >= 4 is 5.97 Å². The molecule has 0 aromatic heterocycles. The molecule has 0 aromatic rings. The van der Waals surface area contributed by atoms with Gasteiger partial charge < -0.3 is 9.84 Å². The van der Waals surface area contributed by atoms with Gasteiger partial charge in [-0.1, -0.05) is 19.8 Å². The van der Waals surface area contributed by atoms with Crippen LogP contribution in [-0.4, -0.2) is 23.8 Å². The molecule has 3 nitrogen and oxygen atoms in total. The molecule has 2 rings (SSSR count). The van der Waals surface area contributed by atoms with Gasteiger partial charge in [0.1, 0.15) is 0 Å². The number of fused-ring (bicyclic) bond motifs is 2. The predicted octanol–water partition coefficient (Wildman–Crippen LogP) is 2.27. The standard InChI is InChI=1S/C13H22O3/c1-3-16-11(15)13-8-4-6-12(2,10(13)14)7-5-9-13/h10,14H,3-9H2,1-2H3. The van der Waals surface area contributed by atoms with Crippen molar-refractivity contribution in [1.82, 2.24) is 0 Å². The molecule has 2 fully saturated rings. The largest absolute Gasteiger partial charge is 0.465 e. The molecule has 2 saturated carbocycles. The van der Waals surface area contributed by atoms with Gasteiger partial charge in [-0.3, -0.25) is 4.79 Å². The highest BCUT2D eigenvalue weighted by molar-refractivity contribution is 5.78. The summed E-state index contributed by atoms with van der Waals surface area (Å²) in [5, 5.41) is 10.5. The summed E-state index contributed by atoms with van der Waals surface area (Å²) in [5.41, 5.74) is -0.662. The fraction of sp³-hybridized carbons (Fsp3) is 0.923. The summed E-state index contributed by atoms with van der Waals surface area (Å²) in [4.78, 5) is 12.1. The van der Waals surface area contributed by atoms with Gasteiger partial charge in [0.2, 0.25) is 0 Å². The van der Waals surface area contributed by atoms with E-state index in [0.717, 1.165) is 38.5 Å². The van der Waals surface area contributed by atoms with Crippen LogP contribution in [0, 0.1) is 10.8 Å². The third-order valence-corrected chi connectivity index (χ3v) is 4.61. The second-order valence-electron chi connectivity index (χ2n) is 5.64. The summed E-state index contributed by atoms with van der Waals surface area (Å²) < 4.78 is 5.17. The van der Waals surface area contributed by atoms with Gasteiger partial charge in [0.25, 0.3) is 0 Å². The second-order valence-corrected chi connectivity index (χ2v) is 5.64. The second kappa shape index (κ2) is 4.02. The topological polar surface area (TPSA) is 46.5 Å². The zero-order chi connectivity index (χ0) is 11.8. The van der Waals surface area contributed by atoms with Crippen molar-refractivity contribution in [3.63, 3.8) is 0 Å². The zero-order valence-electron chi connectivity index (χ0n) is 10.3. The van der Waals surface area contributed by atoms with Gasteiger partial charge in [0.15, 0.2) is 0 Å². The molecule has 0 aliphatic heterocycles. The molecule has 0 amide bonds. The van der Waals surface area contributed by atoms with E-state index >= 15 is 0 Å². The fourth-order valence-corrected chi connectivity index (χ4v) is 3.67. The van der Waals surface area contributed by atoms with Crippen molar-refractivity contribution in [1.29, 1.82) is 0 Å². The molecule has 1 atom stereocenters. The van der Waals surface area contributed by atoms with Crippen LogP contribution in [0.2, 0.25) is 0 Å². The van der Waals surface area contributed by atoms with Crippen LogP contribution in [0.15, 0.2) is 0 Å². The van der Waals surface area contributed by atoms with Crippen LogP contribution in [0.3, 0.4) is 0 Å². The predicted molar refractivity (Wildman–Crippen MR) is 60.9 cm³/mol. The van der Waals surface area contributed by atoms with E-state index in [1.54, 1.807) is 0 Å². The lowest BCUT2D eigenvalue weighted by Crippen LogP contribution is -2.57. The van der Waals surface area contributed by atoms with Crippen molar-refractivity contribution in [2.75, 3.05) is 6.61 Å². The van der Waals surface area contributed by atoms with Gasteiger partial charge in [-0.2, -0.15) is 0 Å². The molecule has 0 aromatic carbocycles. The summed E-state index contributed by atoms with van der Waals surface area (Å²) in [7, 11) is 0. The van der Waals surface area contributed by atoms with Crippen molar-refractivity contribution in [3.05, 3.63) is 0 Å². The maximum absolute atomic E-state index is 12.1. The molecule has 0 heterocycles. The van der Waals surface area contributed by atoms with E-state index in [0.29, 0.717) is 6.61 Å². The highest BCUT2D eigenvalue weighted by Crippen LogP contribution is 2.55. The molecule has 92 valence electrons. The van der Waals surface area contributed by atoms with Crippen LogP contribution < -0.4 is 0 Å². The average Bonchev–Trinajstić information content (AvgIpc) is 2.21. The van der Waals surface area contributed by atoms with Crippen LogP contribution in [0.25, 0.3) is 0 Å². The Hall–Kier alpha value is -0.570. The van der Waals surface area contributed by atoms with Crippen LogP contribution in [0.1, 0.15) is 52.4 Å². The zero-order valence-corrected chi connectivity index (χ0v) is 10.3. The number of carbonyl (C=O) groups is 1. The maximum Gasteiger partial charge on any atom is 0.314 e. The molecule has 0 saturated heterocycles. The van der Waals surface area contributed by atoms with Crippen LogP contribution in [0.5, 0.6) is 0 Å². The number of carbonyl (C=O) groups excluding carboxylic acids is 1. The quantitative estimate of drug-likeness (QED) is 0.735. The van der Waals surface area contributed by atoms with E-state index in [-0.39, 0.29) is 11.4 Å². The molecular formula is C13H22O3. The summed E-state index contributed by atoms with van der Waals surface area (Å²) in [5.74, 6) is -0.173. The van der Waals surface area contributed by atoms with E-state index < -0.39 is 11.5 Å². The Kier molecular flexibility index (Phi) is 2.99. The average molecular weight is 226 g/mol. The first-order valence-corrected chi connectivity index (χ1v) is 6.40. The first kappa shape index (κ1) is 11.9. The van der Waals surface area contributed by atoms with Crippen molar-refractivity contribution in [3.8, 4) is 0 Å². The highest BCUT2D eigenvalue weighted by Gasteiger charge is 2.57. The molecule has 2 bridgehead atoms. The fourth-order valence-electron chi connectivity index (χ4n) is 3.67. The number of rotatable bonds is 2. The molecule has 0 radical (unpaired) electrons. The third-order valence-electron chi connectivity index (χ3n) is 4.61. The normalized spacial score (nSPS) is 42.8. The number of aliphatic hydroxyl groups excluding tert-OH is 1. The lowest BCUT2D eigenvalue weighted by atomic mass is 9.53. The summed E-state index contributed by atoms with van der Waals surface area (Å²) in [6.07, 6.45) is 5.22. The molecule has 2 aliphatic carbocycles. The van der Waals surface area contributed by atoms with Gasteiger partial charge >= 0.3 is 5.97 Å². The van der Waals surface area contributed by atoms with Crippen molar-refractivity contribution < 1.29 is 14.6 Å². The van der Waals surface area contributed by atoms with E-state index in [4.69, 9.17) is 4.74 Å². The maximum atomic E-state index is 12.1. The molecule has 1 unspecified atom stereocenters. The van der Waals surface area contributed by atoms with Gasteiger partial charge in [-0.25, -0.2) is 0 Å². The van der Waals surface area contributed by atoms with Crippen molar-refractivity contribution in [2.45, 2.75) is 58.5 Å². The van der Waals surface area contributed by atoms with Crippen molar-refractivity contribution in [2.24, 2.45) is 10.8 Å². The number of aliphatic hydroxyl groups is 1. The van der Waals surface area contributed by atoms with Gasteiger partial charge in [-0.05, 0) is 38.0 Å². The van der Waals surface area contributed by atoms with Crippen LogP contribution in [0.4, 0.5) is 0 Å². The minimum absolute atomic E-state index is 0.0662. The Balaban J connectivity index is 2.27. The number of hydrogen-bond acceptors (Lipinski definition) is 3. The number of hydrogen-bond donors (Lipinski definition) is 1. The van der Waals surface area contributed by atoms with Gasteiger partial charge in [-0.15, -0.1) is 0 Å². The molecule has 1 N–H and O–H groups in total. The van der Waals surface area contributed by atoms with Gasteiger partial charge in [0.05, 0.1) is 18.1 Å². The Morgan fingerprint density at radius 2 is 1.88 bits per heavy atom. The van der Waals surface area contributed by atoms with Crippen LogP contribution >= 0.6 is 0 Å². The number of esters is 1. The Bertz CT molecular complexity index is 275. The first-order chi connectivity index (χ1) is 7.55. The van der Waals surface area contributed by atoms with E-state index in [2.05, 4.69) is 6.92 Å². The number of ether oxygens (including phenoxy) is 1. The first-order valence-electron chi connectivity index (χ1n) is 6.40. The molecular weight excluding hydrogens is 204 g/mol. The molecule has 0 spiro atoms. The monoisotopic (exact) mass is 226 g/mol. The minimum Gasteiger partial charge on any atom is -0.465 e. The van der Waals surface area contributed by atoms with Gasteiger partial charge in [0, 0.05) is 0 Å². The summed E-state index contributed by atoms with van der Waals surface area (Å²) >= 11 is 0. The minimum atomic E-state index is -0.596. The Morgan fingerprint density at radius 3 is 2.38 bits per heavy atom.